The molecule has 0 saturated carbocycles. The number of rotatable bonds is 4. The van der Waals surface area contributed by atoms with Crippen LogP contribution in [0.4, 0.5) is 8.78 Å². The minimum atomic E-state index is -0.494. The Morgan fingerprint density at radius 2 is 2.00 bits per heavy atom. The SMILES string of the molecule is CC(=O)CC(c1cc(F)ccc1F)N(C)C. The maximum Gasteiger partial charge on any atom is 0.131 e. The molecule has 16 heavy (non-hydrogen) atoms. The smallest absolute Gasteiger partial charge is 0.131 e. The van der Waals surface area contributed by atoms with Gasteiger partial charge in [0.25, 0.3) is 0 Å². The summed E-state index contributed by atoms with van der Waals surface area (Å²) in [5.74, 6) is -1.03. The molecule has 2 nitrogen and oxygen atoms in total. The zero-order valence-electron chi connectivity index (χ0n) is 9.63. The summed E-state index contributed by atoms with van der Waals surface area (Å²) < 4.78 is 26.6. The molecule has 0 aromatic heterocycles. The Kier molecular flexibility index (Phi) is 4.12. The quantitative estimate of drug-likeness (QED) is 0.787. The van der Waals surface area contributed by atoms with E-state index in [0.29, 0.717) is 0 Å². The Morgan fingerprint density at radius 3 is 2.50 bits per heavy atom. The topological polar surface area (TPSA) is 20.3 Å². The van der Waals surface area contributed by atoms with Gasteiger partial charge >= 0.3 is 0 Å². The van der Waals surface area contributed by atoms with Gasteiger partial charge in [0, 0.05) is 18.0 Å². The van der Waals surface area contributed by atoms with Crippen LogP contribution in [0, 0.1) is 11.6 Å². The van der Waals surface area contributed by atoms with Gasteiger partial charge in [-0.2, -0.15) is 0 Å². The van der Waals surface area contributed by atoms with E-state index in [9.17, 15) is 13.6 Å². The molecule has 4 heteroatoms. The van der Waals surface area contributed by atoms with Crippen LogP contribution < -0.4 is 0 Å². The van der Waals surface area contributed by atoms with Crippen molar-refractivity contribution in [2.45, 2.75) is 19.4 Å². The number of carbonyl (C=O) groups is 1. The molecular weight excluding hydrogens is 212 g/mol. The zero-order chi connectivity index (χ0) is 12.3. The molecule has 0 heterocycles. The van der Waals surface area contributed by atoms with Crippen molar-refractivity contribution in [1.82, 2.24) is 4.90 Å². The summed E-state index contributed by atoms with van der Waals surface area (Å²) in [5, 5.41) is 0. The summed E-state index contributed by atoms with van der Waals surface area (Å²) in [6.07, 6.45) is 0.174. The second-order valence-electron chi connectivity index (χ2n) is 4.05. The largest absolute Gasteiger partial charge is 0.302 e. The average molecular weight is 227 g/mol. The number of hydrogen-bond donors (Lipinski definition) is 0. The summed E-state index contributed by atoms with van der Waals surface area (Å²) in [4.78, 5) is 12.8. The van der Waals surface area contributed by atoms with E-state index in [0.717, 1.165) is 18.2 Å². The lowest BCUT2D eigenvalue weighted by Gasteiger charge is -2.24. The highest BCUT2D eigenvalue weighted by Gasteiger charge is 2.20. The summed E-state index contributed by atoms with van der Waals surface area (Å²) in [7, 11) is 3.47. The number of Topliss-reactive ketones (excluding diaryl/α,β-unsaturated/α-hetero) is 1. The fourth-order valence-corrected chi connectivity index (χ4v) is 1.61. The first-order chi connectivity index (χ1) is 7.41. The molecule has 0 radical (unpaired) electrons. The highest BCUT2D eigenvalue weighted by atomic mass is 19.1. The van der Waals surface area contributed by atoms with Crippen LogP contribution in [-0.4, -0.2) is 24.8 Å². The van der Waals surface area contributed by atoms with Gasteiger partial charge in [-0.25, -0.2) is 8.78 Å². The lowest BCUT2D eigenvalue weighted by Crippen LogP contribution is -2.23. The maximum absolute atomic E-state index is 13.5. The van der Waals surface area contributed by atoms with Gasteiger partial charge < -0.3 is 4.90 Å². The molecule has 1 aromatic carbocycles. The van der Waals surface area contributed by atoms with Gasteiger partial charge in [0.15, 0.2) is 0 Å². The number of carbonyl (C=O) groups excluding carboxylic acids is 1. The van der Waals surface area contributed by atoms with Crippen molar-refractivity contribution in [3.05, 3.63) is 35.4 Å². The molecule has 0 aliphatic rings. The normalized spacial score (nSPS) is 12.9. The molecule has 1 rings (SSSR count). The van der Waals surface area contributed by atoms with Crippen molar-refractivity contribution < 1.29 is 13.6 Å². The minimum Gasteiger partial charge on any atom is -0.302 e. The van der Waals surface area contributed by atoms with Crippen molar-refractivity contribution in [3.8, 4) is 0 Å². The van der Waals surface area contributed by atoms with Crippen LogP contribution in [0.2, 0.25) is 0 Å². The Hall–Kier alpha value is -1.29. The standard InChI is InChI=1S/C12H15F2NO/c1-8(16)6-12(15(2)3)10-7-9(13)4-5-11(10)14/h4-5,7,12H,6H2,1-3H3. The Bertz CT molecular complexity index is 391. The van der Waals surface area contributed by atoms with E-state index in [2.05, 4.69) is 0 Å². The molecule has 1 aromatic rings. The van der Waals surface area contributed by atoms with E-state index >= 15 is 0 Å². The van der Waals surface area contributed by atoms with E-state index in [-0.39, 0.29) is 17.8 Å². The van der Waals surface area contributed by atoms with Gasteiger partial charge in [0.05, 0.1) is 0 Å². The van der Waals surface area contributed by atoms with Crippen molar-refractivity contribution in [2.24, 2.45) is 0 Å². The fraction of sp³-hybridized carbons (Fsp3) is 0.417. The molecule has 0 fully saturated rings. The van der Waals surface area contributed by atoms with E-state index < -0.39 is 17.7 Å². The molecular formula is C12H15F2NO. The van der Waals surface area contributed by atoms with Crippen molar-refractivity contribution in [3.63, 3.8) is 0 Å². The highest BCUT2D eigenvalue weighted by Crippen LogP contribution is 2.25. The molecule has 0 bridgehead atoms. The zero-order valence-corrected chi connectivity index (χ0v) is 9.63. The van der Waals surface area contributed by atoms with E-state index in [1.54, 1.807) is 19.0 Å². The van der Waals surface area contributed by atoms with E-state index in [1.807, 2.05) is 0 Å². The lowest BCUT2D eigenvalue weighted by atomic mass is 10.00. The van der Waals surface area contributed by atoms with Gasteiger partial charge in [0.1, 0.15) is 17.4 Å². The molecule has 0 aliphatic heterocycles. The van der Waals surface area contributed by atoms with Crippen molar-refractivity contribution in [2.75, 3.05) is 14.1 Å². The minimum absolute atomic E-state index is 0.0534. The molecule has 0 N–H and O–H groups in total. The van der Waals surface area contributed by atoms with Crippen LogP contribution in [0.15, 0.2) is 18.2 Å². The second kappa shape index (κ2) is 5.16. The molecule has 88 valence electrons. The monoisotopic (exact) mass is 227 g/mol. The van der Waals surface area contributed by atoms with Gasteiger partial charge in [-0.15, -0.1) is 0 Å². The predicted octanol–water partition coefficient (Wildman–Crippen LogP) is 2.55. The lowest BCUT2D eigenvalue weighted by molar-refractivity contribution is -0.118. The molecule has 0 aliphatic carbocycles. The third-order valence-corrected chi connectivity index (χ3v) is 2.42. The van der Waals surface area contributed by atoms with Gasteiger partial charge in [-0.3, -0.25) is 4.79 Å². The van der Waals surface area contributed by atoms with Gasteiger partial charge in [-0.05, 0) is 39.2 Å². The molecule has 0 amide bonds. The Labute approximate surface area is 93.9 Å². The first kappa shape index (κ1) is 12.8. The summed E-state index contributed by atoms with van der Waals surface area (Å²) >= 11 is 0. The second-order valence-corrected chi connectivity index (χ2v) is 4.05. The first-order valence-corrected chi connectivity index (χ1v) is 5.02. The van der Waals surface area contributed by atoms with Crippen LogP contribution in [0.1, 0.15) is 24.9 Å². The summed E-state index contributed by atoms with van der Waals surface area (Å²) in [5.41, 5.74) is 0.222. The highest BCUT2D eigenvalue weighted by molar-refractivity contribution is 5.76. The van der Waals surface area contributed by atoms with Crippen LogP contribution in [0.25, 0.3) is 0 Å². The average Bonchev–Trinajstić information content (AvgIpc) is 2.18. The van der Waals surface area contributed by atoms with Gasteiger partial charge in [0.2, 0.25) is 0 Å². The van der Waals surface area contributed by atoms with E-state index in [1.165, 1.54) is 6.92 Å². The third kappa shape index (κ3) is 3.10. The number of nitrogens with zero attached hydrogens (tertiary/aromatic N) is 1. The van der Waals surface area contributed by atoms with Crippen LogP contribution >= 0.6 is 0 Å². The molecule has 0 spiro atoms. The Balaban J connectivity index is 3.09. The van der Waals surface area contributed by atoms with E-state index in [4.69, 9.17) is 0 Å². The summed E-state index contributed by atoms with van der Waals surface area (Å²) in [6, 6.07) is 2.87. The van der Waals surface area contributed by atoms with Crippen LogP contribution in [0.3, 0.4) is 0 Å². The van der Waals surface area contributed by atoms with Crippen LogP contribution in [0.5, 0.6) is 0 Å². The molecule has 0 saturated heterocycles. The van der Waals surface area contributed by atoms with Crippen molar-refractivity contribution >= 4 is 5.78 Å². The number of ketones is 1. The van der Waals surface area contributed by atoms with Crippen LogP contribution in [-0.2, 0) is 4.79 Å². The number of halogens is 2. The van der Waals surface area contributed by atoms with Gasteiger partial charge in [-0.1, -0.05) is 0 Å². The van der Waals surface area contributed by atoms with Crippen molar-refractivity contribution in [1.29, 1.82) is 0 Å². The predicted molar refractivity (Wildman–Crippen MR) is 58.1 cm³/mol. The number of benzene rings is 1. The number of hydrogen-bond acceptors (Lipinski definition) is 2. The maximum atomic E-state index is 13.5. The Morgan fingerprint density at radius 1 is 1.38 bits per heavy atom. The summed E-state index contributed by atoms with van der Waals surface area (Å²) in [6.45, 7) is 1.44. The third-order valence-electron chi connectivity index (χ3n) is 2.42. The molecule has 1 atom stereocenters. The fourth-order valence-electron chi connectivity index (χ4n) is 1.61. The molecule has 1 unspecified atom stereocenters. The first-order valence-electron chi connectivity index (χ1n) is 5.02.